The lowest BCUT2D eigenvalue weighted by Crippen LogP contribution is -2.39. The predicted octanol–water partition coefficient (Wildman–Crippen LogP) is 5.84. The summed E-state index contributed by atoms with van der Waals surface area (Å²) in [4.78, 5) is 48.4. The van der Waals surface area contributed by atoms with E-state index in [0.717, 1.165) is 45.4 Å². The van der Waals surface area contributed by atoms with Crippen molar-refractivity contribution in [2.75, 3.05) is 49.9 Å². The Bertz CT molecular complexity index is 1290. The van der Waals surface area contributed by atoms with Crippen LogP contribution >= 0.6 is 23.2 Å². The highest BCUT2D eigenvalue weighted by atomic mass is 35.5. The van der Waals surface area contributed by atoms with Gasteiger partial charge in [-0.15, -0.1) is 0 Å². The Morgan fingerprint density at radius 1 is 0.786 bits per heavy atom. The number of amides is 2. The van der Waals surface area contributed by atoms with Crippen LogP contribution in [0.15, 0.2) is 36.4 Å². The largest absolute Gasteiger partial charge is 0.324 e. The third-order valence-corrected chi connectivity index (χ3v) is 7.85. The fraction of sp³-hybridized carbons (Fsp3) is 0.500. The van der Waals surface area contributed by atoms with Crippen LogP contribution in [0.2, 0.25) is 10.0 Å². The van der Waals surface area contributed by atoms with Crippen LogP contribution in [0.5, 0.6) is 0 Å². The molecule has 2 N–H and O–H groups in total. The Hall–Kier alpha value is -3.32. The quantitative estimate of drug-likeness (QED) is 0.275. The molecule has 2 aliphatic rings. The standard InChI is InChI=1S/2C14H18ClN3O3/c1-10-4-6-17(7-5-10)9-14(19)16-13-3-2-11(18(20)21)8-12(13)15;1-10-3-2-6-17(8-10)9-14(19)16-13-5-4-11(18(20)21)7-12(13)15/h2-3,8,10H,4-7,9H2,1H3,(H,16,19);4-5,7,10H,2-3,6,8-9H2,1H3,(H,16,19). The molecule has 2 aliphatic heterocycles. The molecule has 0 bridgehead atoms. The second-order valence-corrected chi connectivity index (χ2v) is 11.7. The first-order chi connectivity index (χ1) is 19.9. The third kappa shape index (κ3) is 10.5. The number of nitro benzene ring substituents is 2. The Balaban J connectivity index is 0.000000230. The van der Waals surface area contributed by atoms with Crippen molar-refractivity contribution in [2.24, 2.45) is 11.8 Å². The summed E-state index contributed by atoms with van der Waals surface area (Å²) >= 11 is 11.9. The summed E-state index contributed by atoms with van der Waals surface area (Å²) in [6, 6.07) is 8.03. The highest BCUT2D eigenvalue weighted by molar-refractivity contribution is 6.34. The zero-order chi connectivity index (χ0) is 30.8. The maximum Gasteiger partial charge on any atom is 0.271 e. The number of nitro groups is 2. The minimum absolute atomic E-state index is 0.0944. The van der Waals surface area contributed by atoms with Crippen molar-refractivity contribution in [3.05, 3.63) is 66.7 Å². The Morgan fingerprint density at radius 2 is 1.26 bits per heavy atom. The van der Waals surface area contributed by atoms with Crippen molar-refractivity contribution in [3.8, 4) is 0 Å². The van der Waals surface area contributed by atoms with Gasteiger partial charge in [-0.1, -0.05) is 37.0 Å². The van der Waals surface area contributed by atoms with Crippen LogP contribution in [-0.4, -0.2) is 70.7 Å². The number of hydrogen-bond acceptors (Lipinski definition) is 8. The van der Waals surface area contributed by atoms with Gasteiger partial charge in [0.2, 0.25) is 11.8 Å². The molecule has 12 nitrogen and oxygen atoms in total. The molecule has 2 saturated heterocycles. The maximum absolute atomic E-state index is 12.0. The average Bonchev–Trinajstić information content (AvgIpc) is 2.92. The number of nitrogens with zero attached hydrogens (tertiary/aromatic N) is 4. The molecular formula is C28H36Cl2N6O6. The molecule has 2 fully saturated rings. The van der Waals surface area contributed by atoms with Crippen LogP contribution in [-0.2, 0) is 9.59 Å². The molecule has 2 aromatic rings. The second-order valence-electron chi connectivity index (χ2n) is 10.9. The number of likely N-dealkylation sites (tertiary alicyclic amines) is 2. The van der Waals surface area contributed by atoms with Gasteiger partial charge >= 0.3 is 0 Å². The number of hydrogen-bond donors (Lipinski definition) is 2. The lowest BCUT2D eigenvalue weighted by Gasteiger charge is -2.30. The summed E-state index contributed by atoms with van der Waals surface area (Å²) in [6.07, 6.45) is 4.51. The van der Waals surface area contributed by atoms with Crippen molar-refractivity contribution in [3.63, 3.8) is 0 Å². The summed E-state index contributed by atoms with van der Waals surface area (Å²) in [7, 11) is 0. The van der Waals surface area contributed by atoms with E-state index in [0.29, 0.717) is 36.3 Å². The molecule has 0 saturated carbocycles. The van der Waals surface area contributed by atoms with Crippen molar-refractivity contribution in [1.82, 2.24) is 9.80 Å². The molecule has 2 heterocycles. The van der Waals surface area contributed by atoms with Gasteiger partial charge in [0, 0.05) is 30.8 Å². The van der Waals surface area contributed by atoms with Gasteiger partial charge < -0.3 is 10.6 Å². The summed E-state index contributed by atoms with van der Waals surface area (Å²) in [6.45, 7) is 8.71. The minimum atomic E-state index is -0.521. The van der Waals surface area contributed by atoms with Gasteiger partial charge in [-0.25, -0.2) is 0 Å². The summed E-state index contributed by atoms with van der Waals surface area (Å²) < 4.78 is 0. The predicted molar refractivity (Wildman–Crippen MR) is 163 cm³/mol. The van der Waals surface area contributed by atoms with Crippen LogP contribution in [0.4, 0.5) is 22.7 Å². The molecule has 0 aliphatic carbocycles. The first-order valence-electron chi connectivity index (χ1n) is 13.8. The SMILES string of the molecule is CC1CCCN(CC(=O)Nc2ccc([N+](=O)[O-])cc2Cl)C1.CC1CCN(CC(=O)Nc2ccc([N+](=O)[O-])cc2Cl)CC1. The lowest BCUT2D eigenvalue weighted by molar-refractivity contribution is -0.385. The molecule has 228 valence electrons. The van der Waals surface area contributed by atoms with Gasteiger partial charge in [0.15, 0.2) is 0 Å². The number of rotatable bonds is 8. The number of halogens is 2. The first kappa shape index (κ1) is 33.2. The van der Waals surface area contributed by atoms with E-state index in [1.807, 2.05) is 0 Å². The molecule has 1 unspecified atom stereocenters. The van der Waals surface area contributed by atoms with Crippen molar-refractivity contribution in [2.45, 2.75) is 39.5 Å². The summed E-state index contributed by atoms with van der Waals surface area (Å²) in [5.74, 6) is 1.02. The van der Waals surface area contributed by atoms with Gasteiger partial charge in [0.05, 0.1) is 44.4 Å². The van der Waals surface area contributed by atoms with E-state index < -0.39 is 9.85 Å². The van der Waals surface area contributed by atoms with Crippen molar-refractivity contribution < 1.29 is 19.4 Å². The number of nitrogens with one attached hydrogen (secondary N) is 2. The van der Waals surface area contributed by atoms with E-state index in [4.69, 9.17) is 23.2 Å². The van der Waals surface area contributed by atoms with E-state index in [-0.39, 0.29) is 33.2 Å². The molecule has 0 spiro atoms. The van der Waals surface area contributed by atoms with Gasteiger partial charge in [-0.2, -0.15) is 0 Å². The highest BCUT2D eigenvalue weighted by Crippen LogP contribution is 2.28. The molecule has 0 aromatic heterocycles. The Kier molecular flexibility index (Phi) is 12.5. The number of non-ortho nitro benzene ring substituents is 2. The van der Waals surface area contributed by atoms with Crippen LogP contribution in [0.3, 0.4) is 0 Å². The van der Waals surface area contributed by atoms with Crippen LogP contribution in [0.25, 0.3) is 0 Å². The fourth-order valence-corrected chi connectivity index (χ4v) is 5.32. The van der Waals surface area contributed by atoms with Gasteiger partial charge in [-0.05, 0) is 69.3 Å². The average molecular weight is 624 g/mol. The Labute approximate surface area is 254 Å². The zero-order valence-corrected chi connectivity index (χ0v) is 25.2. The van der Waals surface area contributed by atoms with Crippen LogP contribution in [0, 0.1) is 32.1 Å². The molecule has 2 amide bonds. The second kappa shape index (κ2) is 15.8. The minimum Gasteiger partial charge on any atom is -0.324 e. The molecule has 42 heavy (non-hydrogen) atoms. The molecule has 1 atom stereocenters. The van der Waals surface area contributed by atoms with Gasteiger partial charge in [0.25, 0.3) is 11.4 Å². The number of benzene rings is 2. The van der Waals surface area contributed by atoms with E-state index in [1.165, 1.54) is 42.8 Å². The zero-order valence-electron chi connectivity index (χ0n) is 23.7. The van der Waals surface area contributed by atoms with E-state index in [1.54, 1.807) is 0 Å². The molecule has 4 rings (SSSR count). The summed E-state index contributed by atoms with van der Waals surface area (Å²) in [5.41, 5.74) is 0.612. The lowest BCUT2D eigenvalue weighted by atomic mass is 9.99. The third-order valence-electron chi connectivity index (χ3n) is 7.23. The topological polar surface area (TPSA) is 151 Å². The van der Waals surface area contributed by atoms with Gasteiger partial charge in [0.1, 0.15) is 0 Å². The smallest absolute Gasteiger partial charge is 0.271 e. The van der Waals surface area contributed by atoms with E-state index in [9.17, 15) is 29.8 Å². The van der Waals surface area contributed by atoms with Crippen LogP contribution < -0.4 is 10.6 Å². The summed E-state index contributed by atoms with van der Waals surface area (Å²) in [5, 5.41) is 27.0. The monoisotopic (exact) mass is 622 g/mol. The number of anilines is 2. The highest BCUT2D eigenvalue weighted by Gasteiger charge is 2.20. The molecule has 14 heteroatoms. The van der Waals surface area contributed by atoms with Gasteiger partial charge in [-0.3, -0.25) is 39.6 Å². The molecule has 2 aromatic carbocycles. The van der Waals surface area contributed by atoms with Crippen molar-refractivity contribution >= 4 is 57.8 Å². The Morgan fingerprint density at radius 3 is 1.69 bits per heavy atom. The van der Waals surface area contributed by atoms with E-state index in [2.05, 4.69) is 34.3 Å². The van der Waals surface area contributed by atoms with Crippen LogP contribution in [0.1, 0.15) is 39.5 Å². The van der Waals surface area contributed by atoms with Crippen molar-refractivity contribution in [1.29, 1.82) is 0 Å². The molecule has 0 radical (unpaired) electrons. The number of piperidine rings is 2. The van der Waals surface area contributed by atoms with E-state index >= 15 is 0 Å². The maximum atomic E-state index is 12.0. The number of carbonyl (C=O) groups is 2. The number of carbonyl (C=O) groups excluding carboxylic acids is 2. The molecular weight excluding hydrogens is 587 g/mol. The fourth-order valence-electron chi connectivity index (χ4n) is 4.87. The first-order valence-corrected chi connectivity index (χ1v) is 14.6. The normalized spacial score (nSPS) is 18.0.